The van der Waals surface area contributed by atoms with Gasteiger partial charge in [-0.2, -0.15) is 0 Å². The summed E-state index contributed by atoms with van der Waals surface area (Å²) in [4.78, 5) is 30.7. The summed E-state index contributed by atoms with van der Waals surface area (Å²) in [7, 11) is 1.72. The third-order valence-corrected chi connectivity index (χ3v) is 5.69. The molecule has 1 aliphatic heterocycles. The second-order valence-electron chi connectivity index (χ2n) is 6.34. The second-order valence-corrected chi connectivity index (χ2v) is 7.51. The van der Waals surface area contributed by atoms with Gasteiger partial charge >= 0.3 is 0 Å². The van der Waals surface area contributed by atoms with E-state index in [0.29, 0.717) is 5.17 Å². The Bertz CT molecular complexity index is 626. The van der Waals surface area contributed by atoms with Gasteiger partial charge in [-0.3, -0.25) is 14.5 Å². The van der Waals surface area contributed by atoms with Gasteiger partial charge in [-0.25, -0.2) is 4.99 Å². The molecule has 128 valence electrons. The molecule has 1 aromatic carbocycles. The van der Waals surface area contributed by atoms with Crippen LogP contribution in [-0.2, 0) is 9.59 Å². The Labute approximate surface area is 146 Å². The van der Waals surface area contributed by atoms with Gasteiger partial charge in [0.25, 0.3) is 0 Å². The van der Waals surface area contributed by atoms with Gasteiger partial charge in [0.15, 0.2) is 5.17 Å². The molecule has 1 saturated carbocycles. The third kappa shape index (κ3) is 4.17. The van der Waals surface area contributed by atoms with Gasteiger partial charge in [-0.1, -0.05) is 49.2 Å². The van der Waals surface area contributed by atoms with Crippen LogP contribution in [0.4, 0.5) is 5.69 Å². The topological polar surface area (TPSA) is 61.8 Å². The minimum absolute atomic E-state index is 0.0258. The molecule has 2 aliphatic rings. The number of benzene rings is 1. The molecule has 6 heteroatoms. The Morgan fingerprint density at radius 3 is 2.67 bits per heavy atom. The molecule has 0 unspecified atom stereocenters. The molecule has 0 radical (unpaired) electrons. The van der Waals surface area contributed by atoms with E-state index in [4.69, 9.17) is 0 Å². The zero-order valence-electron chi connectivity index (χ0n) is 13.9. The number of rotatable bonds is 4. The summed E-state index contributed by atoms with van der Waals surface area (Å²) in [5, 5.41) is 3.36. The first-order chi connectivity index (χ1) is 11.6. The Morgan fingerprint density at radius 2 is 1.96 bits per heavy atom. The molecule has 2 amide bonds. The number of carbonyl (C=O) groups is 2. The predicted octanol–water partition coefficient (Wildman–Crippen LogP) is 3.09. The third-order valence-electron chi connectivity index (χ3n) is 4.46. The summed E-state index contributed by atoms with van der Waals surface area (Å²) < 4.78 is 0. The summed E-state index contributed by atoms with van der Waals surface area (Å²) in [6.07, 6.45) is 5.94. The maximum Gasteiger partial charge on any atom is 0.242 e. The van der Waals surface area contributed by atoms with Crippen LogP contribution in [0.2, 0.25) is 0 Å². The first kappa shape index (κ1) is 17.0. The van der Waals surface area contributed by atoms with Crippen molar-refractivity contribution in [3.8, 4) is 0 Å². The van der Waals surface area contributed by atoms with E-state index in [0.717, 1.165) is 18.5 Å². The summed E-state index contributed by atoms with van der Waals surface area (Å²) in [6.45, 7) is 0. The first-order valence-corrected chi connectivity index (χ1v) is 9.39. The largest absolute Gasteiger partial charge is 0.353 e. The molecule has 0 bridgehead atoms. The van der Waals surface area contributed by atoms with Crippen molar-refractivity contribution in [2.75, 3.05) is 7.05 Å². The summed E-state index contributed by atoms with van der Waals surface area (Å²) in [5.41, 5.74) is 0.812. The highest BCUT2D eigenvalue weighted by atomic mass is 32.2. The van der Waals surface area contributed by atoms with Crippen LogP contribution < -0.4 is 5.32 Å². The normalized spacial score (nSPS) is 23.7. The summed E-state index contributed by atoms with van der Waals surface area (Å²) >= 11 is 1.38. The average Bonchev–Trinajstić information content (AvgIpc) is 2.85. The molecule has 2 fully saturated rings. The minimum atomic E-state index is -0.374. The fourth-order valence-corrected chi connectivity index (χ4v) is 4.27. The summed E-state index contributed by atoms with van der Waals surface area (Å²) in [5.74, 6) is -0.0735. The molecular formula is C18H23N3O2S. The van der Waals surface area contributed by atoms with Crippen molar-refractivity contribution in [3.63, 3.8) is 0 Å². The number of nitrogens with one attached hydrogen (secondary N) is 1. The van der Waals surface area contributed by atoms with Gasteiger partial charge in [0.1, 0.15) is 5.25 Å². The van der Waals surface area contributed by atoms with Crippen LogP contribution in [0.5, 0.6) is 0 Å². The van der Waals surface area contributed by atoms with Crippen LogP contribution in [0.1, 0.15) is 38.5 Å². The van der Waals surface area contributed by atoms with Crippen LogP contribution >= 0.6 is 11.8 Å². The number of aliphatic imine (C=N–C) groups is 1. The van der Waals surface area contributed by atoms with Crippen LogP contribution in [0.15, 0.2) is 35.3 Å². The molecule has 24 heavy (non-hydrogen) atoms. The molecule has 1 saturated heterocycles. The molecule has 0 spiro atoms. The van der Waals surface area contributed by atoms with Gasteiger partial charge in [0.05, 0.1) is 5.69 Å². The lowest BCUT2D eigenvalue weighted by Crippen LogP contribution is -2.38. The fourth-order valence-electron chi connectivity index (χ4n) is 3.11. The van der Waals surface area contributed by atoms with E-state index in [2.05, 4.69) is 10.3 Å². The van der Waals surface area contributed by atoms with Crippen LogP contribution in [0.3, 0.4) is 0 Å². The minimum Gasteiger partial charge on any atom is -0.353 e. The zero-order valence-corrected chi connectivity index (χ0v) is 14.7. The van der Waals surface area contributed by atoms with Crippen molar-refractivity contribution in [2.45, 2.75) is 49.8 Å². The predicted molar refractivity (Wildman–Crippen MR) is 97.3 cm³/mol. The van der Waals surface area contributed by atoms with E-state index in [1.54, 1.807) is 11.9 Å². The number of nitrogens with zero attached hydrogens (tertiary/aromatic N) is 2. The van der Waals surface area contributed by atoms with Crippen molar-refractivity contribution < 1.29 is 9.59 Å². The standard InChI is InChI=1S/C18H23N3O2S/c1-21-17(23)15(12-16(22)19-13-8-4-2-5-9-13)24-18(21)20-14-10-6-3-7-11-14/h3,6-7,10-11,13,15H,2,4-5,8-9,12H2,1H3,(H,19,22)/t15-/m0/s1. The van der Waals surface area contributed by atoms with E-state index in [1.807, 2.05) is 30.3 Å². The first-order valence-electron chi connectivity index (χ1n) is 8.51. The highest BCUT2D eigenvalue weighted by Gasteiger charge is 2.37. The van der Waals surface area contributed by atoms with Gasteiger partial charge in [-0.05, 0) is 25.0 Å². The molecule has 1 aromatic rings. The van der Waals surface area contributed by atoms with E-state index in [-0.39, 0.29) is 29.5 Å². The monoisotopic (exact) mass is 345 g/mol. The Hall–Kier alpha value is -1.82. The van der Waals surface area contributed by atoms with E-state index in [9.17, 15) is 9.59 Å². The Balaban J connectivity index is 1.59. The van der Waals surface area contributed by atoms with E-state index >= 15 is 0 Å². The highest BCUT2D eigenvalue weighted by molar-refractivity contribution is 8.15. The average molecular weight is 345 g/mol. The number of thioether (sulfide) groups is 1. The Kier molecular flexibility index (Phi) is 5.56. The number of amidine groups is 1. The lowest BCUT2D eigenvalue weighted by Gasteiger charge is -2.23. The van der Waals surface area contributed by atoms with Crippen molar-refractivity contribution >= 4 is 34.4 Å². The zero-order chi connectivity index (χ0) is 16.9. The van der Waals surface area contributed by atoms with Gasteiger partial charge < -0.3 is 5.32 Å². The van der Waals surface area contributed by atoms with Crippen LogP contribution in [0, 0.1) is 0 Å². The molecule has 1 N–H and O–H groups in total. The molecule has 3 rings (SSSR count). The van der Waals surface area contributed by atoms with Crippen molar-refractivity contribution in [1.82, 2.24) is 10.2 Å². The molecule has 5 nitrogen and oxygen atoms in total. The lowest BCUT2D eigenvalue weighted by atomic mass is 9.95. The number of amides is 2. The number of hydrogen-bond donors (Lipinski definition) is 1. The smallest absolute Gasteiger partial charge is 0.242 e. The van der Waals surface area contributed by atoms with Crippen molar-refractivity contribution in [3.05, 3.63) is 30.3 Å². The van der Waals surface area contributed by atoms with E-state index < -0.39 is 0 Å². The van der Waals surface area contributed by atoms with Crippen LogP contribution in [-0.4, -0.2) is 40.2 Å². The number of para-hydroxylation sites is 1. The van der Waals surface area contributed by atoms with Gasteiger partial charge in [-0.15, -0.1) is 0 Å². The quantitative estimate of drug-likeness (QED) is 0.912. The highest BCUT2D eigenvalue weighted by Crippen LogP contribution is 2.30. The number of hydrogen-bond acceptors (Lipinski definition) is 4. The molecule has 1 atom stereocenters. The van der Waals surface area contributed by atoms with Crippen molar-refractivity contribution in [1.29, 1.82) is 0 Å². The summed E-state index contributed by atoms with van der Waals surface area (Å²) in [6, 6.07) is 9.83. The van der Waals surface area contributed by atoms with Gasteiger partial charge in [0.2, 0.25) is 11.8 Å². The maximum atomic E-state index is 12.4. The fraction of sp³-hybridized carbons (Fsp3) is 0.500. The molecule has 1 aliphatic carbocycles. The molecular weight excluding hydrogens is 322 g/mol. The maximum absolute atomic E-state index is 12.4. The van der Waals surface area contributed by atoms with Crippen molar-refractivity contribution in [2.24, 2.45) is 4.99 Å². The Morgan fingerprint density at radius 1 is 1.25 bits per heavy atom. The second kappa shape index (κ2) is 7.83. The SMILES string of the molecule is CN1C(=O)[C@H](CC(=O)NC2CCCCC2)SC1=Nc1ccccc1. The van der Waals surface area contributed by atoms with E-state index in [1.165, 1.54) is 31.0 Å². The molecule has 1 heterocycles. The van der Waals surface area contributed by atoms with Gasteiger partial charge in [0, 0.05) is 19.5 Å². The van der Waals surface area contributed by atoms with Crippen LogP contribution in [0.25, 0.3) is 0 Å². The lowest BCUT2D eigenvalue weighted by molar-refractivity contribution is -0.129. The number of carbonyl (C=O) groups excluding carboxylic acids is 2. The molecule has 0 aromatic heterocycles.